The highest BCUT2D eigenvalue weighted by atomic mass is 15.2. The molecule has 0 aliphatic heterocycles. The highest BCUT2D eigenvalue weighted by molar-refractivity contribution is 5.99. The normalized spacial score (nSPS) is 11.0. The van der Waals surface area contributed by atoms with Crippen molar-refractivity contribution in [3.8, 4) is 11.1 Å². The number of fused-ring (bicyclic) bond motifs is 1. The fourth-order valence-electron chi connectivity index (χ4n) is 9.07. The summed E-state index contributed by atoms with van der Waals surface area (Å²) in [5.41, 5.74) is 17.8. The molecule has 0 fully saturated rings. The second kappa shape index (κ2) is 25.8. The number of anilines is 7. The number of para-hydroxylation sites is 1. The number of allylic oxidation sites excluding steroid dienone is 4. The lowest BCUT2D eigenvalue weighted by Gasteiger charge is -2.31. The summed E-state index contributed by atoms with van der Waals surface area (Å²) in [5.74, 6) is 0. The first kappa shape index (κ1) is 51.9. The van der Waals surface area contributed by atoms with Gasteiger partial charge in [-0.05, 0) is 141 Å². The van der Waals surface area contributed by atoms with Gasteiger partial charge in [-0.1, -0.05) is 231 Å². The third kappa shape index (κ3) is 13.0. The van der Waals surface area contributed by atoms with Gasteiger partial charge in [0, 0.05) is 56.5 Å². The number of hydrogen-bond donors (Lipinski definition) is 0. The van der Waals surface area contributed by atoms with Crippen LogP contribution in [0.1, 0.15) is 34.7 Å². The van der Waals surface area contributed by atoms with Crippen LogP contribution in [-0.2, 0) is 0 Å². The molecule has 10 rings (SSSR count). The molecule has 0 atom stereocenters. The molecule has 0 aliphatic rings. The van der Waals surface area contributed by atoms with E-state index in [1.54, 1.807) is 6.08 Å². The van der Waals surface area contributed by atoms with Crippen molar-refractivity contribution < 1.29 is 0 Å². The highest BCUT2D eigenvalue weighted by Gasteiger charge is 2.21. The Balaban J connectivity index is 0.000000461. The molecule has 0 unspecified atom stereocenters. The van der Waals surface area contributed by atoms with Crippen LogP contribution in [0.5, 0.6) is 0 Å². The zero-order chi connectivity index (χ0) is 52.4. The number of nitrogens with zero attached hydrogens (tertiary/aromatic N) is 3. The molecule has 10 aromatic carbocycles. The lowest BCUT2D eigenvalue weighted by Crippen LogP contribution is -2.17. The zero-order valence-corrected chi connectivity index (χ0v) is 43.6. The van der Waals surface area contributed by atoms with E-state index in [4.69, 9.17) is 0 Å². The van der Waals surface area contributed by atoms with Crippen molar-refractivity contribution >= 4 is 62.4 Å². The molecule has 0 radical (unpaired) electrons. The molecule has 0 bridgehead atoms. The molecule has 3 heteroatoms. The van der Waals surface area contributed by atoms with Crippen LogP contribution >= 0.6 is 0 Å². The largest absolute Gasteiger partial charge is 0.311 e. The predicted molar refractivity (Wildman–Crippen MR) is 327 cm³/mol. The smallest absolute Gasteiger partial charge is 0.0540 e. The standard InChI is InChI=1S/C58H49N3.2C7H8/c1-6-18-48(8-3)59(49-22-11-10-12-23-49)50-39-41-54(42-40-50)60(57(9-4)55-24-15-13-19-44(55)7-2)52-35-29-45(30-36-52)46-31-37-53(38-32-46)61(51-33-27-43(5)28-34-51)58-26-17-21-47-20-14-16-25-56(47)58;2*1-7-5-3-2-4-6-7/h6-42H,1-3H2,4-5H3;2*2-6H,1H3/b48-18+,57-9+;;. The van der Waals surface area contributed by atoms with Gasteiger partial charge in [-0.25, -0.2) is 0 Å². The molecule has 75 heavy (non-hydrogen) atoms. The van der Waals surface area contributed by atoms with Crippen molar-refractivity contribution in [1.29, 1.82) is 0 Å². The Labute approximate surface area is 446 Å². The third-order valence-electron chi connectivity index (χ3n) is 12.9. The Morgan fingerprint density at radius 1 is 0.387 bits per heavy atom. The maximum absolute atomic E-state index is 4.15. The average Bonchev–Trinajstić information content (AvgIpc) is 3.46. The molecular weight excluding hydrogens is 907 g/mol. The Hall–Kier alpha value is -9.44. The quantitative estimate of drug-likeness (QED) is 0.101. The van der Waals surface area contributed by atoms with Crippen molar-refractivity contribution in [2.45, 2.75) is 27.7 Å². The predicted octanol–water partition coefficient (Wildman–Crippen LogP) is 20.5. The van der Waals surface area contributed by atoms with Gasteiger partial charge in [0.25, 0.3) is 0 Å². The Bertz CT molecular complexity index is 3440. The summed E-state index contributed by atoms with van der Waals surface area (Å²) in [6.07, 6.45) is 9.73. The van der Waals surface area contributed by atoms with E-state index in [1.807, 2.05) is 72.8 Å². The monoisotopic (exact) mass is 972 g/mol. The number of aryl methyl sites for hydroxylation is 3. The molecule has 368 valence electrons. The first-order chi connectivity index (χ1) is 36.8. The van der Waals surface area contributed by atoms with E-state index < -0.39 is 0 Å². The van der Waals surface area contributed by atoms with E-state index in [2.05, 4.69) is 268 Å². The zero-order valence-electron chi connectivity index (χ0n) is 43.6. The summed E-state index contributed by atoms with van der Waals surface area (Å²) >= 11 is 0. The molecule has 0 N–H and O–H groups in total. The van der Waals surface area contributed by atoms with Crippen LogP contribution in [0.4, 0.5) is 39.8 Å². The highest BCUT2D eigenvalue weighted by Crippen LogP contribution is 2.42. The molecule has 0 aromatic heterocycles. The van der Waals surface area contributed by atoms with Crippen LogP contribution in [0.2, 0.25) is 0 Å². The van der Waals surface area contributed by atoms with Crippen LogP contribution in [0.15, 0.2) is 305 Å². The molecular formula is C72H65N3. The molecule has 0 saturated heterocycles. The number of hydrogen-bond acceptors (Lipinski definition) is 3. The van der Waals surface area contributed by atoms with Gasteiger partial charge in [0.1, 0.15) is 0 Å². The van der Waals surface area contributed by atoms with Crippen molar-refractivity contribution in [2.75, 3.05) is 14.7 Å². The maximum atomic E-state index is 4.15. The lowest BCUT2D eigenvalue weighted by molar-refractivity contribution is 1.20. The second-order valence-electron chi connectivity index (χ2n) is 18.1. The van der Waals surface area contributed by atoms with Crippen molar-refractivity contribution in [1.82, 2.24) is 0 Å². The van der Waals surface area contributed by atoms with Crippen LogP contribution in [-0.4, -0.2) is 0 Å². The van der Waals surface area contributed by atoms with E-state index in [1.165, 1.54) is 27.5 Å². The van der Waals surface area contributed by atoms with Gasteiger partial charge >= 0.3 is 0 Å². The number of benzene rings is 10. The molecule has 0 aliphatic carbocycles. The number of rotatable bonds is 14. The van der Waals surface area contributed by atoms with E-state index in [-0.39, 0.29) is 0 Å². The Morgan fingerprint density at radius 2 is 0.813 bits per heavy atom. The van der Waals surface area contributed by atoms with Gasteiger partial charge in [0.2, 0.25) is 0 Å². The summed E-state index contributed by atoms with van der Waals surface area (Å²) in [7, 11) is 0. The van der Waals surface area contributed by atoms with Crippen LogP contribution in [0.25, 0.3) is 33.7 Å². The summed E-state index contributed by atoms with van der Waals surface area (Å²) in [6.45, 7) is 20.6. The van der Waals surface area contributed by atoms with Crippen molar-refractivity contribution in [3.05, 3.63) is 332 Å². The fraction of sp³-hybridized carbons (Fsp3) is 0.0556. The molecule has 0 saturated carbocycles. The molecule has 0 heterocycles. The Kier molecular flexibility index (Phi) is 17.8. The van der Waals surface area contributed by atoms with Crippen molar-refractivity contribution in [2.24, 2.45) is 0 Å². The first-order valence-electron chi connectivity index (χ1n) is 25.5. The summed E-state index contributed by atoms with van der Waals surface area (Å²) < 4.78 is 0. The van der Waals surface area contributed by atoms with Crippen LogP contribution < -0.4 is 14.7 Å². The maximum Gasteiger partial charge on any atom is 0.0540 e. The van der Waals surface area contributed by atoms with Gasteiger partial charge in [-0.2, -0.15) is 0 Å². The van der Waals surface area contributed by atoms with Crippen molar-refractivity contribution in [3.63, 3.8) is 0 Å². The minimum Gasteiger partial charge on any atom is -0.311 e. The molecule has 3 nitrogen and oxygen atoms in total. The molecule has 0 spiro atoms. The van der Waals surface area contributed by atoms with Gasteiger partial charge in [-0.3, -0.25) is 0 Å². The molecule has 0 amide bonds. The van der Waals surface area contributed by atoms with Gasteiger partial charge < -0.3 is 14.7 Å². The van der Waals surface area contributed by atoms with Crippen LogP contribution in [0.3, 0.4) is 0 Å². The molecule has 10 aromatic rings. The SMILES string of the molecule is C=C/C=C(\C=C)N(c1ccccc1)c1ccc(N(/C(=C/C)c2ccccc2C=C)c2ccc(-c3ccc(N(c4ccc(C)cc4)c4cccc5ccccc45)cc3)cc2)cc1.Cc1ccccc1.Cc1ccccc1. The van der Waals surface area contributed by atoms with E-state index in [0.29, 0.717) is 0 Å². The van der Waals surface area contributed by atoms with Crippen LogP contribution in [0, 0.1) is 20.8 Å². The Morgan fingerprint density at radius 3 is 1.32 bits per heavy atom. The average molecular weight is 972 g/mol. The topological polar surface area (TPSA) is 9.72 Å². The summed E-state index contributed by atoms with van der Waals surface area (Å²) in [4.78, 5) is 6.86. The summed E-state index contributed by atoms with van der Waals surface area (Å²) in [6, 6.07) is 89.6. The third-order valence-corrected chi connectivity index (χ3v) is 12.9. The lowest BCUT2D eigenvalue weighted by atomic mass is 10.0. The first-order valence-corrected chi connectivity index (χ1v) is 25.5. The van der Waals surface area contributed by atoms with Gasteiger partial charge in [0.05, 0.1) is 5.69 Å². The van der Waals surface area contributed by atoms with E-state index >= 15 is 0 Å². The second-order valence-corrected chi connectivity index (χ2v) is 18.1. The van der Waals surface area contributed by atoms with E-state index in [9.17, 15) is 0 Å². The van der Waals surface area contributed by atoms with Gasteiger partial charge in [0.15, 0.2) is 0 Å². The van der Waals surface area contributed by atoms with E-state index in [0.717, 1.165) is 73.5 Å². The minimum absolute atomic E-state index is 0.930. The summed E-state index contributed by atoms with van der Waals surface area (Å²) in [5, 5.41) is 2.42. The van der Waals surface area contributed by atoms with Gasteiger partial charge in [-0.15, -0.1) is 0 Å². The fourth-order valence-corrected chi connectivity index (χ4v) is 9.07. The minimum atomic E-state index is 0.930.